The molecule has 86 valence electrons. The molecule has 0 aromatic rings. The fourth-order valence-corrected chi connectivity index (χ4v) is 1.11. The fraction of sp³-hybridized carbons (Fsp3) is 1.00. The topological polar surface area (TPSA) is 50.7 Å². The minimum atomic E-state index is 0.0247. The van der Waals surface area contributed by atoms with Crippen molar-refractivity contribution in [2.24, 2.45) is 0 Å². The lowest BCUT2D eigenvalue weighted by Gasteiger charge is -2.18. The Labute approximate surface area is 86.6 Å². The van der Waals surface area contributed by atoms with Crippen molar-refractivity contribution in [1.29, 1.82) is 0 Å². The van der Waals surface area contributed by atoms with E-state index >= 15 is 0 Å². The summed E-state index contributed by atoms with van der Waals surface area (Å²) in [6, 6.07) is 0.388. The van der Waals surface area contributed by atoms with Crippen LogP contribution < -0.4 is 5.32 Å². The van der Waals surface area contributed by atoms with Gasteiger partial charge in [0.15, 0.2) is 0 Å². The fourth-order valence-electron chi connectivity index (χ4n) is 1.11. The van der Waals surface area contributed by atoms with E-state index in [4.69, 9.17) is 14.6 Å². The van der Waals surface area contributed by atoms with Crippen LogP contribution in [-0.4, -0.2) is 50.2 Å². The monoisotopic (exact) mass is 205 g/mol. The van der Waals surface area contributed by atoms with E-state index in [2.05, 4.69) is 5.32 Å². The van der Waals surface area contributed by atoms with Crippen molar-refractivity contribution in [3.8, 4) is 0 Å². The predicted octanol–water partition coefficient (Wildman–Crippen LogP) is 0.398. The van der Waals surface area contributed by atoms with Gasteiger partial charge < -0.3 is 19.9 Å². The summed E-state index contributed by atoms with van der Waals surface area (Å²) in [5, 5.41) is 12.2. The molecule has 0 aromatic heterocycles. The third kappa shape index (κ3) is 8.44. The van der Waals surface area contributed by atoms with Crippen molar-refractivity contribution in [1.82, 2.24) is 5.32 Å². The zero-order valence-electron chi connectivity index (χ0n) is 9.45. The second-order valence-electron chi connectivity index (χ2n) is 3.47. The van der Waals surface area contributed by atoms with Crippen molar-refractivity contribution in [3.05, 3.63) is 0 Å². The summed E-state index contributed by atoms with van der Waals surface area (Å²) >= 11 is 0. The Kier molecular flexibility index (Phi) is 9.29. The number of nitrogens with one attached hydrogen (secondary N) is 1. The molecule has 14 heavy (non-hydrogen) atoms. The predicted molar refractivity (Wildman–Crippen MR) is 56.5 cm³/mol. The quantitative estimate of drug-likeness (QED) is 0.535. The second-order valence-corrected chi connectivity index (χ2v) is 3.47. The number of aliphatic hydroxyl groups excluding tert-OH is 1. The molecular formula is C10H23NO3. The molecule has 0 fully saturated rings. The van der Waals surface area contributed by atoms with Crippen LogP contribution in [0.15, 0.2) is 0 Å². The van der Waals surface area contributed by atoms with Gasteiger partial charge in [0.1, 0.15) is 0 Å². The Morgan fingerprint density at radius 3 is 2.36 bits per heavy atom. The van der Waals surface area contributed by atoms with Gasteiger partial charge in [0.2, 0.25) is 0 Å². The Balaban J connectivity index is 3.33. The molecule has 0 spiro atoms. The number of ether oxygens (including phenoxy) is 2. The molecule has 4 heteroatoms. The van der Waals surface area contributed by atoms with Crippen molar-refractivity contribution >= 4 is 0 Å². The Morgan fingerprint density at radius 2 is 1.86 bits per heavy atom. The molecule has 4 nitrogen and oxygen atoms in total. The molecule has 0 aromatic carbocycles. The molecule has 1 atom stereocenters. The van der Waals surface area contributed by atoms with Gasteiger partial charge >= 0.3 is 0 Å². The number of aliphatic hydroxyl groups is 1. The van der Waals surface area contributed by atoms with Gasteiger partial charge in [0, 0.05) is 12.6 Å². The second kappa shape index (κ2) is 9.40. The molecule has 0 radical (unpaired) electrons. The van der Waals surface area contributed by atoms with Crippen LogP contribution in [0.2, 0.25) is 0 Å². The Morgan fingerprint density at radius 1 is 1.21 bits per heavy atom. The lowest BCUT2D eigenvalue weighted by molar-refractivity contribution is 0.0343. The van der Waals surface area contributed by atoms with Gasteiger partial charge in [0.05, 0.1) is 32.5 Å². The summed E-state index contributed by atoms with van der Waals surface area (Å²) in [5.74, 6) is 0. The Bertz CT molecular complexity index is 120. The summed E-state index contributed by atoms with van der Waals surface area (Å²) < 4.78 is 10.5. The maximum absolute atomic E-state index is 9.00. The Hall–Kier alpha value is -0.160. The summed E-state index contributed by atoms with van der Waals surface area (Å²) in [6.45, 7) is 8.61. The molecule has 1 unspecified atom stereocenters. The van der Waals surface area contributed by atoms with Gasteiger partial charge in [-0.15, -0.1) is 0 Å². The van der Waals surface area contributed by atoms with Gasteiger partial charge in [0.25, 0.3) is 0 Å². The number of hydrogen-bond acceptors (Lipinski definition) is 4. The first kappa shape index (κ1) is 13.8. The zero-order valence-corrected chi connectivity index (χ0v) is 9.45. The van der Waals surface area contributed by atoms with Crippen LogP contribution in [0.25, 0.3) is 0 Å². The largest absolute Gasteiger partial charge is 0.395 e. The van der Waals surface area contributed by atoms with E-state index in [0.29, 0.717) is 25.9 Å². The summed E-state index contributed by atoms with van der Waals surface area (Å²) in [4.78, 5) is 0. The standard InChI is InChI=1S/C10H23NO3/c1-4-13-5-6-14-8-10(7-12)11-9(2)3/h9-12H,4-8H2,1-3H3. The third-order valence-electron chi connectivity index (χ3n) is 1.68. The van der Waals surface area contributed by atoms with E-state index in [9.17, 15) is 0 Å². The molecular weight excluding hydrogens is 182 g/mol. The highest BCUT2D eigenvalue weighted by Crippen LogP contribution is 1.89. The average molecular weight is 205 g/mol. The summed E-state index contributed by atoms with van der Waals surface area (Å²) in [7, 11) is 0. The van der Waals surface area contributed by atoms with Gasteiger partial charge in [-0.2, -0.15) is 0 Å². The van der Waals surface area contributed by atoms with E-state index in [1.165, 1.54) is 0 Å². The van der Waals surface area contributed by atoms with E-state index in [-0.39, 0.29) is 12.6 Å². The van der Waals surface area contributed by atoms with Gasteiger partial charge in [-0.1, -0.05) is 13.8 Å². The SMILES string of the molecule is CCOCCOCC(CO)NC(C)C. The smallest absolute Gasteiger partial charge is 0.0701 e. The van der Waals surface area contributed by atoms with E-state index in [1.807, 2.05) is 20.8 Å². The maximum atomic E-state index is 9.00. The number of rotatable bonds is 9. The van der Waals surface area contributed by atoms with Crippen LogP contribution in [0.1, 0.15) is 20.8 Å². The highest BCUT2D eigenvalue weighted by Gasteiger charge is 2.07. The minimum Gasteiger partial charge on any atom is -0.395 e. The van der Waals surface area contributed by atoms with Crippen LogP contribution in [0.4, 0.5) is 0 Å². The highest BCUT2D eigenvalue weighted by atomic mass is 16.5. The zero-order chi connectivity index (χ0) is 10.8. The number of hydrogen-bond donors (Lipinski definition) is 2. The molecule has 0 aliphatic rings. The molecule has 0 saturated carbocycles. The molecule has 0 rings (SSSR count). The highest BCUT2D eigenvalue weighted by molar-refractivity contribution is 4.66. The lowest BCUT2D eigenvalue weighted by Crippen LogP contribution is -2.41. The molecule has 2 N–H and O–H groups in total. The first-order chi connectivity index (χ1) is 6.70. The van der Waals surface area contributed by atoms with Crippen molar-refractivity contribution in [2.45, 2.75) is 32.9 Å². The van der Waals surface area contributed by atoms with Crippen molar-refractivity contribution in [3.63, 3.8) is 0 Å². The first-order valence-corrected chi connectivity index (χ1v) is 5.23. The molecule has 0 bridgehead atoms. The summed E-state index contributed by atoms with van der Waals surface area (Å²) in [5.41, 5.74) is 0. The van der Waals surface area contributed by atoms with E-state index in [0.717, 1.165) is 6.61 Å². The average Bonchev–Trinajstić information content (AvgIpc) is 2.15. The van der Waals surface area contributed by atoms with E-state index in [1.54, 1.807) is 0 Å². The molecule has 0 amide bonds. The van der Waals surface area contributed by atoms with Crippen LogP contribution in [0, 0.1) is 0 Å². The molecule has 0 saturated heterocycles. The lowest BCUT2D eigenvalue weighted by atomic mass is 10.3. The molecule has 0 heterocycles. The van der Waals surface area contributed by atoms with E-state index < -0.39 is 0 Å². The van der Waals surface area contributed by atoms with Crippen LogP contribution >= 0.6 is 0 Å². The van der Waals surface area contributed by atoms with Crippen LogP contribution in [0.3, 0.4) is 0 Å². The van der Waals surface area contributed by atoms with Gasteiger partial charge in [-0.3, -0.25) is 0 Å². The summed E-state index contributed by atoms with van der Waals surface area (Å²) in [6.07, 6.45) is 0. The van der Waals surface area contributed by atoms with Gasteiger partial charge in [-0.25, -0.2) is 0 Å². The van der Waals surface area contributed by atoms with Crippen LogP contribution in [-0.2, 0) is 9.47 Å². The van der Waals surface area contributed by atoms with Crippen molar-refractivity contribution in [2.75, 3.05) is 33.0 Å². The molecule has 0 aliphatic carbocycles. The first-order valence-electron chi connectivity index (χ1n) is 5.23. The van der Waals surface area contributed by atoms with Crippen molar-refractivity contribution < 1.29 is 14.6 Å². The third-order valence-corrected chi connectivity index (χ3v) is 1.68. The van der Waals surface area contributed by atoms with Crippen LogP contribution in [0.5, 0.6) is 0 Å². The maximum Gasteiger partial charge on any atom is 0.0701 e. The normalized spacial score (nSPS) is 13.5. The minimum absolute atomic E-state index is 0.0247. The molecule has 0 aliphatic heterocycles. The van der Waals surface area contributed by atoms with Gasteiger partial charge in [-0.05, 0) is 6.92 Å².